The maximum Gasteiger partial charge on any atom is 0.235 e. The van der Waals surface area contributed by atoms with Crippen molar-refractivity contribution in [3.8, 4) is 11.5 Å². The van der Waals surface area contributed by atoms with Gasteiger partial charge in [-0.25, -0.2) is 0 Å². The molecule has 1 aliphatic rings. The van der Waals surface area contributed by atoms with E-state index in [0.717, 1.165) is 29.3 Å². The number of carbonyl (C=O) groups is 1. The zero-order valence-corrected chi connectivity index (χ0v) is 15.3. The Morgan fingerprint density at radius 1 is 1.15 bits per heavy atom. The number of H-pyrrole nitrogens is 1. The molecule has 134 valence electrons. The van der Waals surface area contributed by atoms with Crippen molar-refractivity contribution in [2.45, 2.75) is 18.3 Å². The van der Waals surface area contributed by atoms with Crippen molar-refractivity contribution in [3.63, 3.8) is 0 Å². The first-order chi connectivity index (χ1) is 12.6. The Morgan fingerprint density at radius 2 is 1.96 bits per heavy atom. The van der Waals surface area contributed by atoms with Crippen LogP contribution in [-0.4, -0.2) is 25.1 Å². The molecule has 1 aromatic heterocycles. The predicted octanol–water partition coefficient (Wildman–Crippen LogP) is 4.51. The molecular weight excluding hydrogens is 352 g/mol. The minimum Gasteiger partial charge on any atom is -0.497 e. The number of aromatic nitrogens is 1. The number of ether oxygens (including phenoxy) is 2. The minimum atomic E-state index is -0.534. The number of benzene rings is 2. The average molecular weight is 371 g/mol. The molecule has 1 amide bonds. The summed E-state index contributed by atoms with van der Waals surface area (Å²) in [5.74, 6) is 1.20. The number of hydrogen-bond donors (Lipinski definition) is 2. The van der Waals surface area contributed by atoms with Crippen molar-refractivity contribution < 1.29 is 14.3 Å². The van der Waals surface area contributed by atoms with Gasteiger partial charge in [0.25, 0.3) is 0 Å². The quantitative estimate of drug-likeness (QED) is 0.694. The number of hydrogen-bond acceptors (Lipinski definition) is 3. The van der Waals surface area contributed by atoms with Crippen LogP contribution in [-0.2, 0) is 10.2 Å². The van der Waals surface area contributed by atoms with Crippen LogP contribution in [0.5, 0.6) is 11.5 Å². The molecule has 4 rings (SSSR count). The van der Waals surface area contributed by atoms with E-state index in [-0.39, 0.29) is 5.91 Å². The zero-order chi connectivity index (χ0) is 18.3. The van der Waals surface area contributed by atoms with E-state index in [1.807, 2.05) is 24.4 Å². The van der Waals surface area contributed by atoms with Crippen LogP contribution in [0.1, 0.15) is 18.4 Å². The molecular formula is C20H19ClN2O3. The highest BCUT2D eigenvalue weighted by Gasteiger charge is 2.52. The number of amides is 1. The molecule has 1 fully saturated rings. The third kappa shape index (κ3) is 2.69. The van der Waals surface area contributed by atoms with Crippen LogP contribution in [0.4, 0.5) is 5.69 Å². The van der Waals surface area contributed by atoms with Gasteiger partial charge in [0.2, 0.25) is 5.91 Å². The first-order valence-electron chi connectivity index (χ1n) is 8.38. The Kier molecular flexibility index (Phi) is 4.04. The molecule has 1 aliphatic carbocycles. The molecule has 2 aromatic carbocycles. The summed E-state index contributed by atoms with van der Waals surface area (Å²) in [6.45, 7) is 0. The van der Waals surface area contributed by atoms with E-state index in [1.165, 1.54) is 0 Å². The van der Waals surface area contributed by atoms with Crippen molar-refractivity contribution in [2.75, 3.05) is 19.5 Å². The lowest BCUT2D eigenvalue weighted by Crippen LogP contribution is -2.27. The zero-order valence-electron chi connectivity index (χ0n) is 14.6. The number of carbonyl (C=O) groups excluding carboxylic acids is 1. The third-order valence-electron chi connectivity index (χ3n) is 5.00. The average Bonchev–Trinajstić information content (AvgIpc) is 3.36. The van der Waals surface area contributed by atoms with Gasteiger partial charge in [0.15, 0.2) is 0 Å². The molecule has 0 unspecified atom stereocenters. The summed E-state index contributed by atoms with van der Waals surface area (Å²) in [6, 6.07) is 11.0. The number of rotatable bonds is 5. The fourth-order valence-corrected chi connectivity index (χ4v) is 3.55. The maximum atomic E-state index is 13.1. The summed E-state index contributed by atoms with van der Waals surface area (Å²) >= 11 is 6.15. The molecule has 2 N–H and O–H groups in total. The molecule has 0 bridgehead atoms. The number of nitrogens with one attached hydrogen (secondary N) is 2. The second-order valence-corrected chi connectivity index (χ2v) is 6.93. The van der Waals surface area contributed by atoms with Crippen LogP contribution < -0.4 is 14.8 Å². The van der Waals surface area contributed by atoms with Crippen molar-refractivity contribution in [3.05, 3.63) is 53.2 Å². The van der Waals surface area contributed by atoms with E-state index < -0.39 is 5.41 Å². The van der Waals surface area contributed by atoms with Gasteiger partial charge in [-0.05, 0) is 48.7 Å². The minimum absolute atomic E-state index is 0.0400. The molecule has 1 saturated carbocycles. The second-order valence-electron chi connectivity index (χ2n) is 6.49. The topological polar surface area (TPSA) is 63.3 Å². The van der Waals surface area contributed by atoms with Gasteiger partial charge in [0.05, 0.1) is 25.3 Å². The van der Waals surface area contributed by atoms with E-state index >= 15 is 0 Å². The number of methoxy groups -OCH3 is 2. The van der Waals surface area contributed by atoms with Crippen molar-refractivity contribution in [1.29, 1.82) is 0 Å². The molecule has 0 aliphatic heterocycles. The van der Waals surface area contributed by atoms with E-state index in [1.54, 1.807) is 32.4 Å². The molecule has 0 atom stereocenters. The molecule has 6 heteroatoms. The Bertz CT molecular complexity index is 992. The van der Waals surface area contributed by atoms with E-state index in [0.29, 0.717) is 22.2 Å². The number of fused-ring (bicyclic) bond motifs is 1. The second kappa shape index (κ2) is 6.25. The van der Waals surface area contributed by atoms with Crippen LogP contribution in [0.15, 0.2) is 42.6 Å². The molecule has 1 heterocycles. The third-order valence-corrected chi connectivity index (χ3v) is 5.24. The Labute approximate surface area is 156 Å². The summed E-state index contributed by atoms with van der Waals surface area (Å²) in [4.78, 5) is 16.3. The molecule has 0 spiro atoms. The van der Waals surface area contributed by atoms with Crippen molar-refractivity contribution >= 4 is 34.1 Å². The largest absolute Gasteiger partial charge is 0.497 e. The lowest BCUT2D eigenvalue weighted by Gasteiger charge is -2.17. The molecule has 0 radical (unpaired) electrons. The predicted molar refractivity (Wildman–Crippen MR) is 102 cm³/mol. The monoisotopic (exact) mass is 370 g/mol. The Hall–Kier alpha value is -2.66. The van der Waals surface area contributed by atoms with Crippen LogP contribution in [0.3, 0.4) is 0 Å². The lowest BCUT2D eigenvalue weighted by molar-refractivity contribution is -0.118. The highest BCUT2D eigenvalue weighted by atomic mass is 35.5. The van der Waals surface area contributed by atoms with Gasteiger partial charge in [-0.2, -0.15) is 0 Å². The smallest absolute Gasteiger partial charge is 0.235 e. The van der Waals surface area contributed by atoms with Crippen LogP contribution >= 0.6 is 11.6 Å². The summed E-state index contributed by atoms with van der Waals surface area (Å²) in [7, 11) is 3.16. The van der Waals surface area contributed by atoms with Gasteiger partial charge in [-0.1, -0.05) is 11.6 Å². The Morgan fingerprint density at radius 3 is 2.65 bits per heavy atom. The van der Waals surface area contributed by atoms with E-state index in [2.05, 4.69) is 10.3 Å². The van der Waals surface area contributed by atoms with Crippen molar-refractivity contribution in [2.24, 2.45) is 0 Å². The SMILES string of the molecule is COc1ccc(NC(=O)C2(c3c[nH]c4ccc(Cl)cc34)CC2)c(OC)c1. The van der Waals surface area contributed by atoms with Crippen LogP contribution in [0.2, 0.25) is 5.02 Å². The summed E-state index contributed by atoms with van der Waals surface area (Å²) < 4.78 is 10.6. The summed E-state index contributed by atoms with van der Waals surface area (Å²) in [5.41, 5.74) is 2.06. The van der Waals surface area contributed by atoms with Gasteiger partial charge in [0.1, 0.15) is 11.5 Å². The highest BCUT2D eigenvalue weighted by molar-refractivity contribution is 6.31. The number of halogens is 1. The number of aromatic amines is 1. The van der Waals surface area contributed by atoms with Crippen LogP contribution in [0, 0.1) is 0 Å². The fourth-order valence-electron chi connectivity index (χ4n) is 3.38. The Balaban J connectivity index is 1.67. The van der Waals surface area contributed by atoms with Gasteiger partial charge < -0.3 is 19.8 Å². The highest BCUT2D eigenvalue weighted by Crippen LogP contribution is 2.51. The number of anilines is 1. The van der Waals surface area contributed by atoms with Gasteiger partial charge in [-0.3, -0.25) is 4.79 Å². The van der Waals surface area contributed by atoms with E-state index in [4.69, 9.17) is 21.1 Å². The van der Waals surface area contributed by atoms with Crippen LogP contribution in [0.25, 0.3) is 10.9 Å². The first-order valence-corrected chi connectivity index (χ1v) is 8.76. The molecule has 3 aromatic rings. The first kappa shape index (κ1) is 16.8. The summed E-state index contributed by atoms with van der Waals surface area (Å²) in [5, 5.41) is 4.67. The summed E-state index contributed by atoms with van der Waals surface area (Å²) in [6.07, 6.45) is 3.52. The molecule has 26 heavy (non-hydrogen) atoms. The van der Waals surface area contributed by atoms with Gasteiger partial charge in [-0.15, -0.1) is 0 Å². The lowest BCUT2D eigenvalue weighted by atomic mass is 9.94. The van der Waals surface area contributed by atoms with E-state index in [9.17, 15) is 4.79 Å². The fraction of sp³-hybridized carbons (Fsp3) is 0.250. The molecule has 5 nitrogen and oxygen atoms in total. The maximum absolute atomic E-state index is 13.1. The van der Waals surface area contributed by atoms with Gasteiger partial charge >= 0.3 is 0 Å². The molecule has 0 saturated heterocycles. The standard InChI is InChI=1S/C20H19ClN2O3/c1-25-13-4-6-17(18(10-13)26-2)23-19(24)20(7-8-20)15-11-22-16-5-3-12(21)9-14(15)16/h3-6,9-11,22H,7-8H2,1-2H3,(H,23,24). The normalized spacial score (nSPS) is 14.9. The van der Waals surface area contributed by atoms with Crippen molar-refractivity contribution in [1.82, 2.24) is 4.98 Å². The van der Waals surface area contributed by atoms with Gasteiger partial charge in [0, 0.05) is 28.2 Å².